The van der Waals surface area contributed by atoms with Crippen LogP contribution in [0.3, 0.4) is 0 Å². The molecule has 1 aromatic heterocycles. The summed E-state index contributed by atoms with van der Waals surface area (Å²) in [6.07, 6.45) is 4.49. The third-order valence-corrected chi connectivity index (χ3v) is 6.48. The first-order valence-corrected chi connectivity index (χ1v) is 11.7. The zero-order chi connectivity index (χ0) is 23.7. The third kappa shape index (κ3) is 4.35. The predicted octanol–water partition coefficient (Wildman–Crippen LogP) is 3.48. The molecule has 34 heavy (non-hydrogen) atoms. The molecule has 8 nitrogen and oxygen atoms in total. The van der Waals surface area contributed by atoms with Crippen LogP contribution in [0.1, 0.15) is 31.7 Å². The summed E-state index contributed by atoms with van der Waals surface area (Å²) in [5, 5.41) is 3.93. The number of piperidine rings is 1. The van der Waals surface area contributed by atoms with E-state index in [2.05, 4.69) is 10.3 Å². The lowest BCUT2D eigenvalue weighted by atomic mass is 10.1. The van der Waals surface area contributed by atoms with Gasteiger partial charge in [-0.3, -0.25) is 19.3 Å². The van der Waals surface area contributed by atoms with E-state index in [1.165, 1.54) is 4.90 Å². The number of amides is 3. The van der Waals surface area contributed by atoms with Gasteiger partial charge in [-0.25, -0.2) is 0 Å². The van der Waals surface area contributed by atoms with Crippen molar-refractivity contribution >= 4 is 40.0 Å². The van der Waals surface area contributed by atoms with Gasteiger partial charge in [0.1, 0.15) is 12.3 Å². The second-order valence-corrected chi connectivity index (χ2v) is 8.89. The van der Waals surface area contributed by atoms with Crippen molar-refractivity contribution in [2.45, 2.75) is 38.7 Å². The van der Waals surface area contributed by atoms with Crippen molar-refractivity contribution in [2.75, 3.05) is 29.9 Å². The smallest absolute Gasteiger partial charge is 0.268 e. The van der Waals surface area contributed by atoms with Gasteiger partial charge in [-0.2, -0.15) is 0 Å². The van der Waals surface area contributed by atoms with Gasteiger partial charge < -0.3 is 19.9 Å². The molecule has 2 N–H and O–H groups in total. The number of aromatic amines is 1. The maximum absolute atomic E-state index is 12.9. The molecule has 2 aliphatic heterocycles. The summed E-state index contributed by atoms with van der Waals surface area (Å²) in [7, 11) is 0. The monoisotopic (exact) mass is 460 g/mol. The number of fused-ring (bicyclic) bond motifs is 2. The van der Waals surface area contributed by atoms with Crippen LogP contribution >= 0.6 is 0 Å². The average Bonchev–Trinajstić information content (AvgIpc) is 3.25. The predicted molar refractivity (Wildman–Crippen MR) is 130 cm³/mol. The van der Waals surface area contributed by atoms with Crippen LogP contribution in [0, 0.1) is 0 Å². The third-order valence-electron chi connectivity index (χ3n) is 6.48. The Hall–Kier alpha value is -3.81. The molecule has 0 aliphatic carbocycles. The molecule has 176 valence electrons. The number of aromatic nitrogens is 1. The van der Waals surface area contributed by atoms with Crippen LogP contribution in [0.4, 0.5) is 11.4 Å². The number of nitrogens with one attached hydrogen (secondary N) is 2. The van der Waals surface area contributed by atoms with Gasteiger partial charge in [0.2, 0.25) is 11.8 Å². The molecule has 3 heterocycles. The van der Waals surface area contributed by atoms with E-state index in [-0.39, 0.29) is 30.7 Å². The van der Waals surface area contributed by atoms with Crippen LogP contribution in [-0.2, 0) is 20.8 Å². The zero-order valence-electron chi connectivity index (χ0n) is 19.2. The largest absolute Gasteiger partial charge is 0.479 e. The number of carbonyl (C=O) groups is 3. The highest BCUT2D eigenvalue weighted by Gasteiger charge is 2.34. The van der Waals surface area contributed by atoms with Crippen LogP contribution in [-0.4, -0.2) is 53.3 Å². The molecular weight excluding hydrogens is 432 g/mol. The number of nitrogens with zero attached hydrogens (tertiary/aromatic N) is 2. The summed E-state index contributed by atoms with van der Waals surface area (Å²) in [6.45, 7) is 3.10. The molecule has 0 saturated carbocycles. The minimum absolute atomic E-state index is 0.0354. The molecule has 2 aromatic carbocycles. The van der Waals surface area contributed by atoms with E-state index in [9.17, 15) is 14.4 Å². The Morgan fingerprint density at radius 2 is 1.91 bits per heavy atom. The zero-order valence-corrected chi connectivity index (χ0v) is 19.2. The number of benzene rings is 2. The number of H-pyrrole nitrogens is 1. The van der Waals surface area contributed by atoms with Crippen LogP contribution in [0.5, 0.6) is 5.75 Å². The molecule has 0 spiro atoms. The van der Waals surface area contributed by atoms with E-state index in [0.717, 1.165) is 48.8 Å². The maximum atomic E-state index is 12.9. The number of hydrogen-bond acceptors (Lipinski definition) is 4. The fraction of sp³-hybridized carbons (Fsp3) is 0.346. The molecule has 1 unspecified atom stereocenters. The fourth-order valence-electron chi connectivity index (χ4n) is 4.68. The lowest BCUT2D eigenvalue weighted by Gasteiger charge is -2.35. The Balaban J connectivity index is 1.34. The van der Waals surface area contributed by atoms with Crippen molar-refractivity contribution in [3.05, 3.63) is 54.2 Å². The van der Waals surface area contributed by atoms with Gasteiger partial charge in [-0.1, -0.05) is 18.2 Å². The van der Waals surface area contributed by atoms with Crippen LogP contribution in [0.15, 0.2) is 48.7 Å². The molecule has 5 rings (SSSR count). The van der Waals surface area contributed by atoms with Gasteiger partial charge in [0.15, 0.2) is 6.10 Å². The van der Waals surface area contributed by atoms with E-state index in [0.29, 0.717) is 17.1 Å². The first-order valence-electron chi connectivity index (χ1n) is 11.7. The van der Waals surface area contributed by atoms with E-state index < -0.39 is 6.10 Å². The maximum Gasteiger partial charge on any atom is 0.268 e. The lowest BCUT2D eigenvalue weighted by Crippen LogP contribution is -2.50. The second-order valence-electron chi connectivity index (χ2n) is 8.89. The highest BCUT2D eigenvalue weighted by atomic mass is 16.5. The van der Waals surface area contributed by atoms with Gasteiger partial charge in [0.25, 0.3) is 5.91 Å². The highest BCUT2D eigenvalue weighted by molar-refractivity contribution is 6.05. The number of anilines is 2. The van der Waals surface area contributed by atoms with Crippen molar-refractivity contribution in [1.82, 2.24) is 9.88 Å². The summed E-state index contributed by atoms with van der Waals surface area (Å²) in [5.74, 6) is 0.0206. The van der Waals surface area contributed by atoms with Gasteiger partial charge in [-0.05, 0) is 56.0 Å². The molecule has 1 atom stereocenters. The standard InChI is InChI=1S/C26H28N4O4/c1-17-26(33)30(16-25(32)29-11-5-2-6-12-29)22-14-19(9-10-23(22)34-17)28-24(31)13-18-15-27-21-8-4-3-7-20(18)21/h3-4,7-10,14-15,17,27H,2,5-6,11-13,16H2,1H3,(H,28,31). The Morgan fingerprint density at radius 3 is 2.74 bits per heavy atom. The number of carbonyl (C=O) groups excluding carboxylic acids is 3. The quantitative estimate of drug-likeness (QED) is 0.610. The Bertz CT molecular complexity index is 1240. The number of para-hydroxylation sites is 1. The number of hydrogen-bond donors (Lipinski definition) is 2. The van der Waals surface area contributed by atoms with Gasteiger partial charge in [0.05, 0.1) is 12.1 Å². The molecular formula is C26H28N4O4. The van der Waals surface area contributed by atoms with Crippen molar-refractivity contribution in [2.24, 2.45) is 0 Å². The van der Waals surface area contributed by atoms with E-state index in [4.69, 9.17) is 4.74 Å². The summed E-state index contributed by atoms with van der Waals surface area (Å²) in [5.41, 5.74) is 2.94. The van der Waals surface area contributed by atoms with E-state index >= 15 is 0 Å². The SMILES string of the molecule is CC1Oc2ccc(NC(=O)Cc3c[nH]c4ccccc34)cc2N(CC(=O)N2CCCCC2)C1=O. The normalized spacial score (nSPS) is 17.9. The van der Waals surface area contributed by atoms with Crippen molar-refractivity contribution < 1.29 is 19.1 Å². The molecule has 3 amide bonds. The molecule has 1 fully saturated rings. The van der Waals surface area contributed by atoms with Gasteiger partial charge >= 0.3 is 0 Å². The topological polar surface area (TPSA) is 94.7 Å². The number of rotatable bonds is 5. The van der Waals surface area contributed by atoms with Crippen LogP contribution < -0.4 is 15.0 Å². The van der Waals surface area contributed by atoms with Gasteiger partial charge in [-0.15, -0.1) is 0 Å². The molecule has 2 aliphatic rings. The summed E-state index contributed by atoms with van der Waals surface area (Å²) in [4.78, 5) is 45.1. The number of ether oxygens (including phenoxy) is 1. The Labute approximate surface area is 197 Å². The lowest BCUT2D eigenvalue weighted by molar-refractivity contribution is -0.133. The average molecular weight is 461 g/mol. The summed E-state index contributed by atoms with van der Waals surface area (Å²) >= 11 is 0. The van der Waals surface area contributed by atoms with Gasteiger partial charge in [0, 0.05) is 35.9 Å². The van der Waals surface area contributed by atoms with Crippen molar-refractivity contribution in [1.29, 1.82) is 0 Å². The Kier molecular flexibility index (Phi) is 5.96. The first kappa shape index (κ1) is 22.0. The summed E-state index contributed by atoms with van der Waals surface area (Å²) < 4.78 is 5.76. The second kappa shape index (κ2) is 9.21. The molecule has 0 bridgehead atoms. The first-order chi connectivity index (χ1) is 16.5. The van der Waals surface area contributed by atoms with Crippen LogP contribution in [0.2, 0.25) is 0 Å². The van der Waals surface area contributed by atoms with Crippen molar-refractivity contribution in [3.63, 3.8) is 0 Å². The van der Waals surface area contributed by atoms with Crippen LogP contribution in [0.25, 0.3) is 10.9 Å². The Morgan fingerprint density at radius 1 is 1.12 bits per heavy atom. The number of likely N-dealkylation sites (tertiary alicyclic amines) is 1. The fourth-order valence-corrected chi connectivity index (χ4v) is 4.68. The molecule has 0 radical (unpaired) electrons. The minimum atomic E-state index is -0.677. The van der Waals surface area contributed by atoms with E-state index in [1.54, 1.807) is 25.1 Å². The molecule has 3 aromatic rings. The molecule has 8 heteroatoms. The van der Waals surface area contributed by atoms with E-state index in [1.807, 2.05) is 35.4 Å². The summed E-state index contributed by atoms with van der Waals surface area (Å²) in [6, 6.07) is 13.0. The van der Waals surface area contributed by atoms with Crippen molar-refractivity contribution in [3.8, 4) is 5.75 Å². The minimum Gasteiger partial charge on any atom is -0.479 e. The molecule has 1 saturated heterocycles. The highest BCUT2D eigenvalue weighted by Crippen LogP contribution is 2.36.